The molecule has 1 fully saturated rings. The fourth-order valence-electron chi connectivity index (χ4n) is 2.18. The smallest absolute Gasteiger partial charge is 0.243 e. The number of carbonyl (C=O) groups is 1. The van der Waals surface area contributed by atoms with Crippen molar-refractivity contribution in [1.29, 1.82) is 0 Å². The van der Waals surface area contributed by atoms with E-state index in [2.05, 4.69) is 41.1 Å². The Labute approximate surface area is 102 Å². The normalized spacial score (nSPS) is 16.6. The molecule has 1 aliphatic rings. The lowest BCUT2D eigenvalue weighted by molar-refractivity contribution is -0.117. The number of carbonyl (C=O) groups excluding carboxylic acids is 1. The lowest BCUT2D eigenvalue weighted by Gasteiger charge is -2.33. The molecular weight excluding hydrogens is 212 g/mol. The molecule has 1 amide bonds. The monoisotopic (exact) mass is 230 g/mol. The molecule has 1 saturated heterocycles. The molecule has 1 aromatic carbocycles. The van der Waals surface area contributed by atoms with Gasteiger partial charge in [0.15, 0.2) is 0 Å². The van der Waals surface area contributed by atoms with E-state index in [4.69, 9.17) is 0 Å². The fraction of sp³-hybridized carbons (Fsp3) is 0.357. The molecule has 1 aliphatic heterocycles. The lowest BCUT2D eigenvalue weighted by Crippen LogP contribution is -2.44. The molecule has 0 atom stereocenters. The summed E-state index contributed by atoms with van der Waals surface area (Å²) in [6, 6.07) is 10.7. The summed E-state index contributed by atoms with van der Waals surface area (Å²) in [5.74, 6) is -0.0665. The highest BCUT2D eigenvalue weighted by atomic mass is 16.1. The molecule has 1 aromatic rings. The van der Waals surface area contributed by atoms with Crippen LogP contribution in [0.4, 0.5) is 5.69 Å². The third-order valence-corrected chi connectivity index (χ3v) is 3.15. The predicted octanol–water partition coefficient (Wildman–Crippen LogP) is 1.96. The summed E-state index contributed by atoms with van der Waals surface area (Å²) < 4.78 is 0. The van der Waals surface area contributed by atoms with Crippen molar-refractivity contribution in [3.63, 3.8) is 0 Å². The molecule has 1 heterocycles. The SMILES string of the molecule is C=CC(=O)NC1CCN(c2ccccc2)CC1. The highest BCUT2D eigenvalue weighted by Gasteiger charge is 2.19. The second-order valence-electron chi connectivity index (χ2n) is 4.31. The molecule has 0 bridgehead atoms. The molecule has 90 valence electrons. The molecule has 0 radical (unpaired) electrons. The zero-order valence-electron chi connectivity index (χ0n) is 9.93. The maximum absolute atomic E-state index is 11.2. The lowest BCUT2D eigenvalue weighted by atomic mass is 10.0. The number of amides is 1. The van der Waals surface area contributed by atoms with Crippen LogP contribution in [-0.4, -0.2) is 25.0 Å². The summed E-state index contributed by atoms with van der Waals surface area (Å²) in [5.41, 5.74) is 1.26. The van der Waals surface area contributed by atoms with E-state index < -0.39 is 0 Å². The van der Waals surface area contributed by atoms with E-state index in [1.807, 2.05) is 6.07 Å². The average Bonchev–Trinajstić information content (AvgIpc) is 2.40. The molecule has 17 heavy (non-hydrogen) atoms. The Morgan fingerprint density at radius 2 is 1.94 bits per heavy atom. The van der Waals surface area contributed by atoms with Gasteiger partial charge in [0.1, 0.15) is 0 Å². The molecular formula is C14H18N2O. The molecule has 0 aliphatic carbocycles. The van der Waals surface area contributed by atoms with Crippen molar-refractivity contribution in [2.75, 3.05) is 18.0 Å². The van der Waals surface area contributed by atoms with Crippen LogP contribution in [0, 0.1) is 0 Å². The first-order chi connectivity index (χ1) is 8.29. The van der Waals surface area contributed by atoms with E-state index in [-0.39, 0.29) is 5.91 Å². The summed E-state index contributed by atoms with van der Waals surface area (Å²) in [5, 5.41) is 2.96. The van der Waals surface area contributed by atoms with Crippen molar-refractivity contribution in [3.05, 3.63) is 43.0 Å². The highest BCUT2D eigenvalue weighted by Crippen LogP contribution is 2.19. The average molecular weight is 230 g/mol. The van der Waals surface area contributed by atoms with Gasteiger partial charge >= 0.3 is 0 Å². The van der Waals surface area contributed by atoms with Gasteiger partial charge in [-0.2, -0.15) is 0 Å². The zero-order chi connectivity index (χ0) is 12.1. The first kappa shape index (κ1) is 11.7. The Morgan fingerprint density at radius 1 is 1.29 bits per heavy atom. The van der Waals surface area contributed by atoms with E-state index in [1.165, 1.54) is 11.8 Å². The van der Waals surface area contributed by atoms with Crippen LogP contribution in [0.2, 0.25) is 0 Å². The Balaban J connectivity index is 1.86. The van der Waals surface area contributed by atoms with Gasteiger partial charge in [-0.1, -0.05) is 24.8 Å². The second kappa shape index (κ2) is 5.53. The zero-order valence-corrected chi connectivity index (χ0v) is 9.93. The molecule has 3 nitrogen and oxygen atoms in total. The summed E-state index contributed by atoms with van der Waals surface area (Å²) >= 11 is 0. The van der Waals surface area contributed by atoms with Gasteiger partial charge in [-0.3, -0.25) is 4.79 Å². The quantitative estimate of drug-likeness (QED) is 0.805. The van der Waals surface area contributed by atoms with Crippen molar-refractivity contribution in [2.45, 2.75) is 18.9 Å². The Kier molecular flexibility index (Phi) is 3.81. The van der Waals surface area contributed by atoms with Crippen molar-refractivity contribution in [2.24, 2.45) is 0 Å². The van der Waals surface area contributed by atoms with E-state index >= 15 is 0 Å². The minimum absolute atomic E-state index is 0.0665. The first-order valence-electron chi connectivity index (χ1n) is 6.02. The number of piperidine rings is 1. The van der Waals surface area contributed by atoms with Gasteiger partial charge in [-0.25, -0.2) is 0 Å². The topological polar surface area (TPSA) is 32.3 Å². The summed E-state index contributed by atoms with van der Waals surface area (Å²) in [4.78, 5) is 13.5. The number of benzene rings is 1. The minimum Gasteiger partial charge on any atom is -0.371 e. The Morgan fingerprint density at radius 3 is 2.53 bits per heavy atom. The van der Waals surface area contributed by atoms with Crippen LogP contribution in [0.1, 0.15) is 12.8 Å². The number of hydrogen-bond acceptors (Lipinski definition) is 2. The van der Waals surface area contributed by atoms with Gasteiger partial charge in [0.25, 0.3) is 0 Å². The molecule has 0 saturated carbocycles. The number of hydrogen-bond donors (Lipinski definition) is 1. The predicted molar refractivity (Wildman–Crippen MR) is 70.0 cm³/mol. The number of rotatable bonds is 3. The largest absolute Gasteiger partial charge is 0.371 e. The second-order valence-corrected chi connectivity index (χ2v) is 4.31. The Hall–Kier alpha value is -1.77. The molecule has 1 N–H and O–H groups in total. The van der Waals surface area contributed by atoms with Gasteiger partial charge in [-0.05, 0) is 31.1 Å². The Bertz CT molecular complexity index is 380. The molecule has 0 unspecified atom stereocenters. The number of para-hydroxylation sites is 1. The molecule has 0 aromatic heterocycles. The van der Waals surface area contributed by atoms with Gasteiger partial charge < -0.3 is 10.2 Å². The summed E-state index contributed by atoms with van der Waals surface area (Å²) in [7, 11) is 0. The number of nitrogens with one attached hydrogen (secondary N) is 1. The van der Waals surface area contributed by atoms with E-state index in [0.717, 1.165) is 25.9 Å². The van der Waals surface area contributed by atoms with E-state index in [1.54, 1.807) is 0 Å². The fourth-order valence-corrected chi connectivity index (χ4v) is 2.18. The van der Waals surface area contributed by atoms with Crippen LogP contribution in [0.25, 0.3) is 0 Å². The molecule has 3 heteroatoms. The van der Waals surface area contributed by atoms with Crippen LogP contribution < -0.4 is 10.2 Å². The van der Waals surface area contributed by atoms with Gasteiger partial charge in [-0.15, -0.1) is 0 Å². The third kappa shape index (κ3) is 3.09. The summed E-state index contributed by atoms with van der Waals surface area (Å²) in [6.07, 6.45) is 3.33. The van der Waals surface area contributed by atoms with Gasteiger partial charge in [0.05, 0.1) is 0 Å². The van der Waals surface area contributed by atoms with Crippen LogP contribution in [0.5, 0.6) is 0 Å². The van der Waals surface area contributed by atoms with Crippen LogP contribution >= 0.6 is 0 Å². The molecule has 2 rings (SSSR count). The van der Waals surface area contributed by atoms with Crippen LogP contribution in [0.3, 0.4) is 0 Å². The van der Waals surface area contributed by atoms with Crippen LogP contribution in [-0.2, 0) is 4.79 Å². The standard InChI is InChI=1S/C14H18N2O/c1-2-14(17)15-12-8-10-16(11-9-12)13-6-4-3-5-7-13/h2-7,12H,1,8-11H2,(H,15,17). The number of anilines is 1. The maximum atomic E-state index is 11.2. The van der Waals surface area contributed by atoms with Gasteiger partial charge in [0, 0.05) is 24.8 Å². The first-order valence-corrected chi connectivity index (χ1v) is 6.02. The number of nitrogens with zero attached hydrogens (tertiary/aromatic N) is 1. The highest BCUT2D eigenvalue weighted by molar-refractivity contribution is 5.87. The van der Waals surface area contributed by atoms with Crippen molar-refractivity contribution < 1.29 is 4.79 Å². The van der Waals surface area contributed by atoms with Crippen LogP contribution in [0.15, 0.2) is 43.0 Å². The van der Waals surface area contributed by atoms with Crippen molar-refractivity contribution >= 4 is 11.6 Å². The van der Waals surface area contributed by atoms with E-state index in [9.17, 15) is 4.79 Å². The minimum atomic E-state index is -0.0665. The van der Waals surface area contributed by atoms with Crippen molar-refractivity contribution in [3.8, 4) is 0 Å². The van der Waals surface area contributed by atoms with E-state index in [0.29, 0.717) is 6.04 Å². The maximum Gasteiger partial charge on any atom is 0.243 e. The molecule has 0 spiro atoms. The third-order valence-electron chi connectivity index (χ3n) is 3.15. The summed E-state index contributed by atoms with van der Waals surface area (Å²) in [6.45, 7) is 5.45. The van der Waals surface area contributed by atoms with Gasteiger partial charge in [0.2, 0.25) is 5.91 Å². The van der Waals surface area contributed by atoms with Crippen molar-refractivity contribution in [1.82, 2.24) is 5.32 Å².